The van der Waals surface area contributed by atoms with Gasteiger partial charge in [0.15, 0.2) is 5.96 Å². The van der Waals surface area contributed by atoms with Crippen molar-refractivity contribution in [3.63, 3.8) is 0 Å². The summed E-state index contributed by atoms with van der Waals surface area (Å²) in [4.78, 5) is 244. The van der Waals surface area contributed by atoms with E-state index in [-0.39, 0.29) is 74.7 Å². The van der Waals surface area contributed by atoms with Crippen LogP contribution < -0.4 is 86.3 Å². The van der Waals surface area contributed by atoms with Crippen molar-refractivity contribution < 1.29 is 112 Å². The van der Waals surface area contributed by atoms with E-state index in [2.05, 4.69) is 89.1 Å². The van der Waals surface area contributed by atoms with Gasteiger partial charge in [-0.1, -0.05) is 70.2 Å². The van der Waals surface area contributed by atoms with E-state index in [1.807, 2.05) is 0 Å². The number of aromatic amines is 2. The molecule has 0 aliphatic carbocycles. The summed E-state index contributed by atoms with van der Waals surface area (Å²) in [6.45, 7) is 9.15. The summed E-state index contributed by atoms with van der Waals surface area (Å²) in [5, 5.41) is 98.5. The molecule has 0 aliphatic heterocycles. The smallest absolute Gasteiger partial charge is 0.326 e. The van der Waals surface area contributed by atoms with Gasteiger partial charge in [0, 0.05) is 75.3 Å². The summed E-state index contributed by atoms with van der Waals surface area (Å²) in [7, 11) is 0. The molecule has 44 heteroatoms. The number of aromatic hydroxyl groups is 1. The fourth-order valence-corrected chi connectivity index (χ4v) is 11.7. The van der Waals surface area contributed by atoms with Gasteiger partial charge in [0.25, 0.3) is 0 Å². The number of aliphatic hydroxyl groups excluding tert-OH is 1. The van der Waals surface area contributed by atoms with Gasteiger partial charge < -0.3 is 127 Å². The van der Waals surface area contributed by atoms with Crippen molar-refractivity contribution in [3.8, 4) is 5.75 Å². The van der Waals surface area contributed by atoms with E-state index >= 15 is 0 Å². The van der Waals surface area contributed by atoms with Crippen molar-refractivity contribution in [2.24, 2.45) is 29.0 Å². The number of nitrogens with zero attached hydrogens (tertiary/aromatic N) is 2. The normalized spacial score (nSPS) is 14.7. The number of carbonyl (C=O) groups is 17. The Balaban J connectivity index is 1.59. The number of carboxylic acids is 4. The second kappa shape index (κ2) is 48.9. The van der Waals surface area contributed by atoms with Crippen LogP contribution in [0.4, 0.5) is 0 Å². The van der Waals surface area contributed by atoms with Gasteiger partial charge in [-0.25, -0.2) is 14.8 Å². The molecule has 4 rings (SSSR count). The first-order valence-corrected chi connectivity index (χ1v) is 37.7. The van der Waals surface area contributed by atoms with Crippen LogP contribution in [0.5, 0.6) is 5.75 Å². The molecule has 4 aromatic rings. The lowest BCUT2D eigenvalue weighted by Gasteiger charge is -2.29. The summed E-state index contributed by atoms with van der Waals surface area (Å²) in [6.07, 6.45) is -2.69. The van der Waals surface area contributed by atoms with Gasteiger partial charge in [-0.2, -0.15) is 0 Å². The third-order valence-corrected chi connectivity index (χ3v) is 17.8. The highest BCUT2D eigenvalue weighted by atomic mass is 16.4. The Morgan fingerprint density at radius 2 is 0.814 bits per heavy atom. The zero-order valence-electron chi connectivity index (χ0n) is 65.8. The van der Waals surface area contributed by atoms with E-state index in [1.165, 1.54) is 68.4 Å². The molecule has 2 aromatic carbocycles. The summed E-state index contributed by atoms with van der Waals surface area (Å²) < 4.78 is 0. The number of aliphatic hydroxyl groups is 1. The molecule has 0 saturated heterocycles. The van der Waals surface area contributed by atoms with Crippen LogP contribution in [0.15, 0.2) is 79.6 Å². The van der Waals surface area contributed by atoms with E-state index in [1.54, 1.807) is 45.9 Å². The average molecular weight is 1660 g/mol. The molecule has 118 heavy (non-hydrogen) atoms. The molecule has 0 unspecified atom stereocenters. The Morgan fingerprint density at radius 3 is 1.27 bits per heavy atom. The van der Waals surface area contributed by atoms with Crippen molar-refractivity contribution in [1.82, 2.24) is 89.1 Å². The second-order valence-corrected chi connectivity index (χ2v) is 28.8. The number of H-pyrrole nitrogens is 2. The summed E-state index contributed by atoms with van der Waals surface area (Å²) in [5.41, 5.74) is 18.6. The third kappa shape index (κ3) is 35.7. The molecule has 646 valence electrons. The number of nitrogens with one attached hydrogen (secondary N) is 16. The SMILES string of the molecule is CC(C)C[C@H](NC(=O)[C@H](CCC(N)=O)NC(=O)[C@H](Cc1cnc[nH]1)NC(=O)[C@H](CC(C)C)NC(=O)[C@H](CCCNC(=N)N)NC(=O)[C@@H](N)Cc1cnc[nH]1)C(=O)N[C@@H](C)C(=O)N[C@@H](Cc1ccccc1)C(=O)N[C@@H](CC(=O)O)C(=O)N[C@H](C(=O)N[C@@H](Cc1ccc(O)cc1)C(=O)N[C@@H](CCC(=O)O)C(=O)N[C@@H](CCC(=O)O)C(=O)O)[C@@H](C)O. The summed E-state index contributed by atoms with van der Waals surface area (Å²) >= 11 is 0. The number of benzene rings is 2. The standard InChI is InChI=1S/C74H107N21O23/c1-36(2)25-50(90-65(109)47(18-21-56(76)98)86-70(114)54(30-43-33-80-35-83-43)92-67(111)51(26-37(3)4)91-63(107)46(13-10-24-81-74(77)78)85-62(106)45(75)29-42-32-79-34-82-42)66(110)84-38(5)61(105)89-52(27-40-11-8-7-9-12-40)69(113)93-55(31-59(103)104)71(115)95-60(39(6)96)72(116)94-53(28-41-14-16-44(97)17-15-41)68(112)87-48(19-22-57(99)100)64(108)88-49(73(117)118)20-23-58(101)102/h7-9,11-12,14-17,32-39,45-55,60,96-97H,10,13,18-31,75H2,1-6H3,(H2,76,98)(H,79,82)(H,80,83)(H,84,110)(H,85,106)(H,86,114)(H,87,112)(H,88,108)(H,89,105)(H,90,109)(H,91,107)(H,92,111)(H,93,113)(H,94,116)(H,95,115)(H,99,100)(H,101,102)(H,103,104)(H,117,118)(H4,77,78,81)/t38-,39+,45-,46-,47-,48-,49-,50-,51-,52-,53-,54-,55-,60-/m0/s1. The van der Waals surface area contributed by atoms with Crippen LogP contribution >= 0.6 is 0 Å². The number of imidazole rings is 2. The Morgan fingerprint density at radius 1 is 0.424 bits per heavy atom. The second-order valence-electron chi connectivity index (χ2n) is 28.8. The van der Waals surface area contributed by atoms with Crippen molar-refractivity contribution in [2.75, 3.05) is 6.54 Å². The van der Waals surface area contributed by atoms with Gasteiger partial charge in [-0.05, 0) is 93.9 Å². The van der Waals surface area contributed by atoms with E-state index in [9.17, 15) is 107 Å². The zero-order valence-corrected chi connectivity index (χ0v) is 65.8. The lowest BCUT2D eigenvalue weighted by Crippen LogP contribution is -2.62. The molecule has 0 spiro atoms. The Hall–Kier alpha value is -13.2. The number of hydrogen-bond acceptors (Lipinski definition) is 23. The number of hydrogen-bond donors (Lipinski definition) is 25. The minimum Gasteiger partial charge on any atom is -0.508 e. The quantitative estimate of drug-likeness (QED) is 0.0111. The van der Waals surface area contributed by atoms with Gasteiger partial charge in [-0.3, -0.25) is 82.1 Å². The monoisotopic (exact) mass is 1660 g/mol. The van der Waals surface area contributed by atoms with Gasteiger partial charge in [0.2, 0.25) is 76.8 Å². The fraction of sp³-hybridized carbons (Fsp3) is 0.514. The molecule has 0 radical (unpaired) electrons. The number of aliphatic carboxylic acids is 4. The van der Waals surface area contributed by atoms with Crippen LogP contribution in [-0.2, 0) is 107 Å². The lowest BCUT2D eigenvalue weighted by molar-refractivity contribution is -0.144. The van der Waals surface area contributed by atoms with Crippen molar-refractivity contribution in [2.45, 2.75) is 223 Å². The number of carboxylic acid groups (broad SMARTS) is 4. The van der Waals surface area contributed by atoms with Crippen LogP contribution in [-0.4, -0.2) is 248 Å². The maximum Gasteiger partial charge on any atom is 0.326 e. The third-order valence-electron chi connectivity index (χ3n) is 17.8. The van der Waals surface area contributed by atoms with Crippen LogP contribution in [0.3, 0.4) is 0 Å². The Kier molecular flexibility index (Phi) is 40.3. The van der Waals surface area contributed by atoms with Crippen molar-refractivity contribution in [3.05, 3.63) is 102 Å². The predicted octanol–water partition coefficient (Wildman–Crippen LogP) is -5.44. The molecule has 28 N–H and O–H groups in total. The number of amides is 13. The maximum atomic E-state index is 14.6. The molecule has 14 atom stereocenters. The molecular weight excluding hydrogens is 1550 g/mol. The van der Waals surface area contributed by atoms with E-state index in [0.29, 0.717) is 17.0 Å². The molecular formula is C74H107N21O23. The first-order chi connectivity index (χ1) is 55.6. The number of phenols is 1. The number of nitrogens with two attached hydrogens (primary N) is 3. The van der Waals surface area contributed by atoms with Crippen LogP contribution in [0.2, 0.25) is 0 Å². The van der Waals surface area contributed by atoms with Gasteiger partial charge in [0.1, 0.15) is 78.3 Å². The number of rotatable bonds is 53. The molecule has 13 amide bonds. The Bertz CT molecular complexity index is 4090. The van der Waals surface area contributed by atoms with Gasteiger partial charge in [0.05, 0.1) is 31.2 Å². The van der Waals surface area contributed by atoms with Gasteiger partial charge in [-0.15, -0.1) is 0 Å². The molecule has 0 saturated carbocycles. The fourth-order valence-electron chi connectivity index (χ4n) is 11.7. The maximum absolute atomic E-state index is 14.6. The largest absolute Gasteiger partial charge is 0.508 e. The summed E-state index contributed by atoms with van der Waals surface area (Å²) in [5.74, 6) is -21.7. The average Bonchev–Trinajstić information content (AvgIpc) is 1.04. The number of carbonyl (C=O) groups excluding carboxylic acids is 13. The highest BCUT2D eigenvalue weighted by Crippen LogP contribution is 2.17. The zero-order chi connectivity index (χ0) is 88.0. The van der Waals surface area contributed by atoms with Crippen LogP contribution in [0, 0.1) is 17.2 Å². The summed E-state index contributed by atoms with van der Waals surface area (Å²) in [6, 6.07) is -8.93. The van der Waals surface area contributed by atoms with Crippen LogP contribution in [0.25, 0.3) is 0 Å². The van der Waals surface area contributed by atoms with E-state index in [0.717, 1.165) is 6.92 Å². The number of primary amides is 1. The molecule has 44 nitrogen and oxygen atoms in total. The topological polar surface area (TPSA) is 727 Å². The van der Waals surface area contributed by atoms with E-state index in [4.69, 9.17) is 27.7 Å². The molecule has 0 aliphatic rings. The Labute approximate surface area is 676 Å². The van der Waals surface area contributed by atoms with Gasteiger partial charge >= 0.3 is 23.9 Å². The first-order valence-electron chi connectivity index (χ1n) is 37.7. The molecule has 2 aromatic heterocycles. The highest BCUT2D eigenvalue weighted by Gasteiger charge is 2.39. The lowest BCUT2D eigenvalue weighted by atomic mass is 10.0. The number of phenolic OH excluding ortho intramolecular Hbond substituents is 1. The predicted molar refractivity (Wildman–Crippen MR) is 415 cm³/mol. The number of guanidine groups is 1. The van der Waals surface area contributed by atoms with E-state index < -0.39 is 243 Å². The first kappa shape index (κ1) is 97.2. The molecule has 2 heterocycles. The number of aromatic nitrogens is 4. The van der Waals surface area contributed by atoms with Crippen LogP contribution in [0.1, 0.15) is 135 Å². The minimum absolute atomic E-state index is 0.0194. The molecule has 0 bridgehead atoms. The molecule has 0 fully saturated rings. The minimum atomic E-state index is -2.15. The highest BCUT2D eigenvalue weighted by molar-refractivity contribution is 6.01. The van der Waals surface area contributed by atoms with Crippen molar-refractivity contribution >= 4 is 107 Å². The van der Waals surface area contributed by atoms with Crippen molar-refractivity contribution in [1.29, 1.82) is 5.41 Å².